The van der Waals surface area contributed by atoms with Crippen LogP contribution in [0, 0.1) is 0 Å². The fourth-order valence-electron chi connectivity index (χ4n) is 3.45. The second-order valence-corrected chi connectivity index (χ2v) is 6.31. The molecule has 0 unspecified atom stereocenters. The zero-order valence-electron chi connectivity index (χ0n) is 14.0. The maximum Gasteiger partial charge on any atom is 0.254 e. The highest BCUT2D eigenvalue weighted by Gasteiger charge is 2.28. The molecule has 2 aromatic heterocycles. The Kier molecular flexibility index (Phi) is 4.29. The lowest BCUT2D eigenvalue weighted by molar-refractivity contribution is 0.0611. The van der Waals surface area contributed by atoms with Crippen molar-refractivity contribution in [2.24, 2.45) is 0 Å². The van der Waals surface area contributed by atoms with E-state index in [-0.39, 0.29) is 11.9 Å². The Labute approximate surface area is 147 Å². The molecule has 0 N–H and O–H groups in total. The number of aromatic nitrogens is 3. The normalized spacial score (nSPS) is 17.4. The average Bonchev–Trinajstić information content (AvgIpc) is 3.23. The molecule has 0 spiro atoms. The zero-order chi connectivity index (χ0) is 17.1. The minimum Gasteiger partial charge on any atom is -0.332 e. The standard InChI is InChI=1S/C20H20N4O/c25-20(16-6-8-18(9-7-16)23-13-11-22-15-23)24-12-2-1-5-19(24)17-4-3-10-21-14-17/h3-4,6-11,13-15,19H,1-2,5,12H2/t19-/m0/s1. The number of benzene rings is 1. The van der Waals surface area contributed by atoms with Gasteiger partial charge in [0.2, 0.25) is 0 Å². The van der Waals surface area contributed by atoms with Crippen molar-refractivity contribution >= 4 is 5.91 Å². The van der Waals surface area contributed by atoms with Crippen LogP contribution in [0.25, 0.3) is 5.69 Å². The fourth-order valence-corrected chi connectivity index (χ4v) is 3.45. The van der Waals surface area contributed by atoms with Gasteiger partial charge in [-0.1, -0.05) is 6.07 Å². The number of imidazole rings is 1. The van der Waals surface area contributed by atoms with E-state index in [9.17, 15) is 4.79 Å². The van der Waals surface area contributed by atoms with Crippen molar-refractivity contribution in [3.63, 3.8) is 0 Å². The summed E-state index contributed by atoms with van der Waals surface area (Å²) >= 11 is 0. The molecular weight excluding hydrogens is 312 g/mol. The SMILES string of the molecule is O=C(c1ccc(-n2ccnc2)cc1)N1CCCC[C@H]1c1cccnc1. The van der Waals surface area contributed by atoms with Crippen LogP contribution in [-0.2, 0) is 0 Å². The first kappa shape index (κ1) is 15.6. The zero-order valence-corrected chi connectivity index (χ0v) is 14.0. The van der Waals surface area contributed by atoms with E-state index in [1.807, 2.05) is 52.2 Å². The lowest BCUT2D eigenvalue weighted by Gasteiger charge is -2.36. The molecule has 5 heteroatoms. The number of carbonyl (C=O) groups is 1. The molecule has 1 atom stereocenters. The molecule has 3 aromatic rings. The van der Waals surface area contributed by atoms with E-state index in [0.29, 0.717) is 0 Å². The van der Waals surface area contributed by atoms with Crippen LogP contribution in [0.4, 0.5) is 0 Å². The van der Waals surface area contributed by atoms with Gasteiger partial charge >= 0.3 is 0 Å². The van der Waals surface area contributed by atoms with Gasteiger partial charge in [0.15, 0.2) is 0 Å². The summed E-state index contributed by atoms with van der Waals surface area (Å²) < 4.78 is 1.92. The second kappa shape index (κ2) is 6.89. The molecule has 25 heavy (non-hydrogen) atoms. The van der Waals surface area contributed by atoms with Gasteiger partial charge in [-0.05, 0) is 55.2 Å². The number of carbonyl (C=O) groups excluding carboxylic acids is 1. The molecule has 3 heterocycles. The van der Waals surface area contributed by atoms with Crippen LogP contribution in [0.3, 0.4) is 0 Å². The summed E-state index contributed by atoms with van der Waals surface area (Å²) in [5.74, 6) is 0.0886. The van der Waals surface area contributed by atoms with E-state index in [4.69, 9.17) is 0 Å². The Morgan fingerprint density at radius 2 is 1.92 bits per heavy atom. The van der Waals surface area contributed by atoms with Gasteiger partial charge in [0.1, 0.15) is 0 Å². The molecule has 0 bridgehead atoms. The van der Waals surface area contributed by atoms with Gasteiger partial charge in [-0.3, -0.25) is 9.78 Å². The van der Waals surface area contributed by atoms with Crippen LogP contribution in [0.5, 0.6) is 0 Å². The van der Waals surface area contributed by atoms with Gasteiger partial charge in [-0.2, -0.15) is 0 Å². The number of pyridine rings is 1. The number of hydrogen-bond acceptors (Lipinski definition) is 3. The maximum atomic E-state index is 13.1. The fraction of sp³-hybridized carbons (Fsp3) is 0.250. The lowest BCUT2D eigenvalue weighted by Crippen LogP contribution is -2.38. The predicted molar refractivity (Wildman–Crippen MR) is 95.4 cm³/mol. The number of piperidine rings is 1. The summed E-state index contributed by atoms with van der Waals surface area (Å²) in [6, 6.07) is 11.8. The van der Waals surface area contributed by atoms with Gasteiger partial charge < -0.3 is 9.47 Å². The van der Waals surface area contributed by atoms with Crippen molar-refractivity contribution in [2.45, 2.75) is 25.3 Å². The average molecular weight is 332 g/mol. The molecule has 1 aromatic carbocycles. The van der Waals surface area contributed by atoms with E-state index in [2.05, 4.69) is 16.0 Å². The van der Waals surface area contributed by atoms with Crippen molar-refractivity contribution < 1.29 is 4.79 Å². The molecule has 0 saturated carbocycles. The lowest BCUT2D eigenvalue weighted by atomic mass is 9.95. The molecule has 1 fully saturated rings. The Balaban J connectivity index is 1.58. The van der Waals surface area contributed by atoms with E-state index in [0.717, 1.165) is 42.6 Å². The summed E-state index contributed by atoms with van der Waals surface area (Å²) in [6.45, 7) is 0.793. The highest BCUT2D eigenvalue weighted by molar-refractivity contribution is 5.94. The van der Waals surface area contributed by atoms with E-state index in [1.54, 1.807) is 18.7 Å². The van der Waals surface area contributed by atoms with Crippen LogP contribution < -0.4 is 0 Å². The summed E-state index contributed by atoms with van der Waals surface area (Å²) in [7, 11) is 0. The summed E-state index contributed by atoms with van der Waals surface area (Å²) in [4.78, 5) is 23.3. The number of hydrogen-bond donors (Lipinski definition) is 0. The van der Waals surface area contributed by atoms with E-state index < -0.39 is 0 Å². The second-order valence-electron chi connectivity index (χ2n) is 6.31. The van der Waals surface area contributed by atoms with E-state index >= 15 is 0 Å². The summed E-state index contributed by atoms with van der Waals surface area (Å²) in [5.41, 5.74) is 2.83. The number of rotatable bonds is 3. The first-order valence-electron chi connectivity index (χ1n) is 8.62. The van der Waals surface area contributed by atoms with Crippen molar-refractivity contribution in [3.8, 4) is 5.69 Å². The molecule has 1 saturated heterocycles. The number of likely N-dealkylation sites (tertiary alicyclic amines) is 1. The van der Waals surface area contributed by atoms with Crippen molar-refractivity contribution in [3.05, 3.63) is 78.6 Å². The van der Waals surface area contributed by atoms with Crippen molar-refractivity contribution in [1.82, 2.24) is 19.4 Å². The minimum absolute atomic E-state index is 0.0886. The smallest absolute Gasteiger partial charge is 0.254 e. The van der Waals surface area contributed by atoms with E-state index in [1.165, 1.54) is 0 Å². The number of amides is 1. The Morgan fingerprint density at radius 1 is 1.04 bits per heavy atom. The largest absolute Gasteiger partial charge is 0.332 e. The highest BCUT2D eigenvalue weighted by atomic mass is 16.2. The predicted octanol–water partition coefficient (Wildman–Crippen LogP) is 3.63. The van der Waals surface area contributed by atoms with Crippen LogP contribution in [-0.4, -0.2) is 31.9 Å². The summed E-state index contributed by atoms with van der Waals surface area (Å²) in [5, 5.41) is 0. The Bertz CT molecular complexity index is 828. The van der Waals surface area contributed by atoms with Crippen LogP contribution >= 0.6 is 0 Å². The first-order valence-corrected chi connectivity index (χ1v) is 8.62. The van der Waals surface area contributed by atoms with Gasteiger partial charge in [0.05, 0.1) is 12.4 Å². The van der Waals surface area contributed by atoms with Crippen molar-refractivity contribution in [1.29, 1.82) is 0 Å². The van der Waals surface area contributed by atoms with Crippen LogP contribution in [0.15, 0.2) is 67.5 Å². The number of nitrogens with zero attached hydrogens (tertiary/aromatic N) is 4. The molecule has 1 amide bonds. The quantitative estimate of drug-likeness (QED) is 0.736. The molecular formula is C20H20N4O. The molecule has 0 radical (unpaired) electrons. The maximum absolute atomic E-state index is 13.1. The van der Waals surface area contributed by atoms with Gasteiger partial charge in [0, 0.05) is 42.6 Å². The molecule has 5 nitrogen and oxygen atoms in total. The monoisotopic (exact) mass is 332 g/mol. The molecule has 0 aliphatic carbocycles. The summed E-state index contributed by atoms with van der Waals surface area (Å²) in [6.07, 6.45) is 12.2. The Morgan fingerprint density at radius 3 is 2.64 bits per heavy atom. The van der Waals surface area contributed by atoms with Crippen molar-refractivity contribution in [2.75, 3.05) is 6.54 Å². The highest BCUT2D eigenvalue weighted by Crippen LogP contribution is 2.31. The third-order valence-electron chi connectivity index (χ3n) is 4.75. The molecule has 1 aliphatic rings. The molecule has 4 rings (SSSR count). The van der Waals surface area contributed by atoms with Gasteiger partial charge in [-0.25, -0.2) is 4.98 Å². The third kappa shape index (κ3) is 3.18. The van der Waals surface area contributed by atoms with Gasteiger partial charge in [-0.15, -0.1) is 0 Å². The minimum atomic E-state index is 0.0886. The topological polar surface area (TPSA) is 51.0 Å². The first-order chi connectivity index (χ1) is 12.3. The van der Waals surface area contributed by atoms with Crippen LogP contribution in [0.1, 0.15) is 41.2 Å². The Hall–Kier alpha value is -2.95. The third-order valence-corrected chi connectivity index (χ3v) is 4.75. The van der Waals surface area contributed by atoms with Gasteiger partial charge in [0.25, 0.3) is 5.91 Å². The van der Waals surface area contributed by atoms with Crippen LogP contribution in [0.2, 0.25) is 0 Å². The molecule has 1 aliphatic heterocycles. The molecule has 126 valence electrons.